The van der Waals surface area contributed by atoms with E-state index in [-0.39, 0.29) is 23.5 Å². The molecule has 200 valence electrons. The summed E-state index contributed by atoms with van der Waals surface area (Å²) >= 11 is 0. The maximum atomic E-state index is 13.7. The Morgan fingerprint density at radius 2 is 1.13 bits per heavy atom. The molecule has 0 unspecified atom stereocenters. The van der Waals surface area contributed by atoms with Gasteiger partial charge in [0.05, 0.1) is 23.2 Å². The third-order valence-electron chi connectivity index (χ3n) is 6.82. The van der Waals surface area contributed by atoms with Crippen LogP contribution in [0.3, 0.4) is 0 Å². The molecule has 1 N–H and O–H groups in total. The van der Waals surface area contributed by atoms with Gasteiger partial charge in [0, 0.05) is 6.42 Å². The molecule has 0 heterocycles. The van der Waals surface area contributed by atoms with Crippen LogP contribution in [0.5, 0.6) is 0 Å². The van der Waals surface area contributed by atoms with E-state index in [1.165, 1.54) is 19.2 Å². The van der Waals surface area contributed by atoms with Crippen LogP contribution in [-0.2, 0) is 29.6 Å². The van der Waals surface area contributed by atoms with Crippen LogP contribution in [-0.4, -0.2) is 39.2 Å². The number of hydrogen-bond acceptors (Lipinski definition) is 5. The van der Waals surface area contributed by atoms with Gasteiger partial charge in [-0.15, -0.1) is 0 Å². The highest BCUT2D eigenvalue weighted by Gasteiger charge is 2.39. The Kier molecular flexibility index (Phi) is 8.94. The van der Waals surface area contributed by atoms with E-state index in [0.717, 1.165) is 16.7 Å². The number of hydrogen-bond donors (Lipinski definition) is 1. The molecule has 0 aromatic heterocycles. The van der Waals surface area contributed by atoms with Gasteiger partial charge in [0.1, 0.15) is 6.04 Å². The van der Waals surface area contributed by atoms with Crippen LogP contribution in [0, 0.1) is 0 Å². The molecule has 0 aliphatic rings. The molecule has 6 nitrogen and oxygen atoms in total. The maximum Gasteiger partial charge on any atom is 0.328 e. The van der Waals surface area contributed by atoms with Crippen molar-refractivity contribution < 1.29 is 22.7 Å². The number of carbonyl (C=O) groups excluding carboxylic acids is 2. The summed E-state index contributed by atoms with van der Waals surface area (Å²) in [6.45, 7) is 0. The third kappa shape index (κ3) is 6.44. The zero-order valence-electron chi connectivity index (χ0n) is 21.7. The van der Waals surface area contributed by atoms with Gasteiger partial charge in [0.2, 0.25) is 5.91 Å². The highest BCUT2D eigenvalue weighted by molar-refractivity contribution is 7.91. The summed E-state index contributed by atoms with van der Waals surface area (Å²) in [5, 5.41) is 2.78. The Morgan fingerprint density at radius 1 is 0.718 bits per heavy atom. The molecule has 4 aromatic rings. The molecule has 0 bridgehead atoms. The van der Waals surface area contributed by atoms with Crippen LogP contribution >= 0.6 is 0 Å². The van der Waals surface area contributed by atoms with E-state index < -0.39 is 33.2 Å². The minimum Gasteiger partial charge on any atom is -0.467 e. The standard InChI is InChI=1S/C32H31NO5S/c1-38-31(35)29(22-23-39(36,37)28-20-12-5-13-21-28)33-30(34)24-32(25-14-6-2-7-15-25,26-16-8-3-9-17-26)27-18-10-4-11-19-27/h2-21,29H,22-24H2,1H3,(H,33,34)/t29-/m1/s1. The van der Waals surface area contributed by atoms with Crippen LogP contribution < -0.4 is 5.32 Å². The predicted octanol–water partition coefficient (Wildman–Crippen LogP) is 4.93. The van der Waals surface area contributed by atoms with Gasteiger partial charge >= 0.3 is 5.97 Å². The van der Waals surface area contributed by atoms with Gasteiger partial charge in [-0.05, 0) is 35.2 Å². The Balaban J connectivity index is 1.67. The number of amides is 1. The summed E-state index contributed by atoms with van der Waals surface area (Å²) in [7, 11) is -2.44. The lowest BCUT2D eigenvalue weighted by molar-refractivity contribution is -0.145. The van der Waals surface area contributed by atoms with Crippen molar-refractivity contribution in [2.75, 3.05) is 12.9 Å². The van der Waals surface area contributed by atoms with E-state index in [9.17, 15) is 18.0 Å². The molecular weight excluding hydrogens is 510 g/mol. The van der Waals surface area contributed by atoms with Gasteiger partial charge < -0.3 is 10.1 Å². The molecule has 4 rings (SSSR count). The molecule has 0 spiro atoms. The average Bonchev–Trinajstić information content (AvgIpc) is 2.99. The molecule has 1 amide bonds. The monoisotopic (exact) mass is 541 g/mol. The van der Waals surface area contributed by atoms with Gasteiger partial charge in [-0.2, -0.15) is 0 Å². The van der Waals surface area contributed by atoms with Crippen molar-refractivity contribution in [1.29, 1.82) is 0 Å². The summed E-state index contributed by atoms with van der Waals surface area (Å²) in [5.41, 5.74) is 1.89. The van der Waals surface area contributed by atoms with Gasteiger partial charge in [-0.3, -0.25) is 4.79 Å². The Labute approximate surface area is 229 Å². The van der Waals surface area contributed by atoms with Gasteiger partial charge in [-0.25, -0.2) is 13.2 Å². The first kappa shape index (κ1) is 27.8. The fourth-order valence-electron chi connectivity index (χ4n) is 4.87. The fraction of sp³-hybridized carbons (Fsp3) is 0.188. The third-order valence-corrected chi connectivity index (χ3v) is 8.59. The number of benzene rings is 4. The number of carbonyl (C=O) groups is 2. The van der Waals surface area contributed by atoms with Crippen molar-refractivity contribution in [2.45, 2.75) is 29.2 Å². The fourth-order valence-corrected chi connectivity index (χ4v) is 6.22. The number of nitrogens with one attached hydrogen (secondary N) is 1. The van der Waals surface area contributed by atoms with Crippen molar-refractivity contribution in [3.8, 4) is 0 Å². The number of methoxy groups -OCH3 is 1. The lowest BCUT2D eigenvalue weighted by Crippen LogP contribution is -2.45. The van der Waals surface area contributed by atoms with Crippen molar-refractivity contribution in [3.05, 3.63) is 138 Å². The second-order valence-corrected chi connectivity index (χ2v) is 11.4. The van der Waals surface area contributed by atoms with Crippen molar-refractivity contribution >= 4 is 21.7 Å². The van der Waals surface area contributed by atoms with Crippen LogP contribution in [0.2, 0.25) is 0 Å². The van der Waals surface area contributed by atoms with Crippen molar-refractivity contribution in [1.82, 2.24) is 5.32 Å². The quantitative estimate of drug-likeness (QED) is 0.215. The summed E-state index contributed by atoms with van der Waals surface area (Å²) < 4.78 is 30.6. The molecule has 39 heavy (non-hydrogen) atoms. The average molecular weight is 542 g/mol. The molecule has 0 radical (unpaired) electrons. The van der Waals surface area contributed by atoms with E-state index in [2.05, 4.69) is 5.32 Å². The number of rotatable bonds is 11. The van der Waals surface area contributed by atoms with Crippen molar-refractivity contribution in [2.24, 2.45) is 0 Å². The molecule has 0 saturated heterocycles. The van der Waals surface area contributed by atoms with E-state index >= 15 is 0 Å². The molecule has 1 atom stereocenters. The van der Waals surface area contributed by atoms with Crippen molar-refractivity contribution in [3.63, 3.8) is 0 Å². The van der Waals surface area contributed by atoms with E-state index in [0.29, 0.717) is 0 Å². The highest BCUT2D eigenvalue weighted by Crippen LogP contribution is 2.42. The number of ether oxygens (including phenoxy) is 1. The molecule has 7 heteroatoms. The molecule has 0 fully saturated rings. The summed E-state index contributed by atoms with van der Waals surface area (Å²) in [6.07, 6.45) is -0.130. The summed E-state index contributed by atoms with van der Waals surface area (Å²) in [6, 6.07) is 36.2. The Bertz CT molecular complexity index is 1380. The largest absolute Gasteiger partial charge is 0.467 e. The van der Waals surface area contributed by atoms with Gasteiger partial charge in [0.25, 0.3) is 0 Å². The van der Waals surface area contributed by atoms with Crippen LogP contribution in [0.1, 0.15) is 29.5 Å². The topological polar surface area (TPSA) is 89.5 Å². The molecule has 4 aromatic carbocycles. The SMILES string of the molecule is COC(=O)[C@@H](CCS(=O)(=O)c1ccccc1)NC(=O)CC(c1ccccc1)(c1ccccc1)c1ccccc1. The van der Waals surface area contributed by atoms with Crippen LogP contribution in [0.15, 0.2) is 126 Å². The molecule has 0 aliphatic carbocycles. The zero-order chi connectivity index (χ0) is 27.7. The lowest BCUT2D eigenvalue weighted by atomic mass is 9.67. The minimum atomic E-state index is -3.66. The summed E-state index contributed by atoms with van der Waals surface area (Å²) in [5.74, 6) is -1.42. The normalized spacial score (nSPS) is 12.3. The van der Waals surface area contributed by atoms with Crippen LogP contribution in [0.4, 0.5) is 0 Å². The van der Waals surface area contributed by atoms with E-state index in [4.69, 9.17) is 4.74 Å². The second kappa shape index (κ2) is 12.5. The second-order valence-electron chi connectivity index (χ2n) is 9.24. The number of sulfone groups is 1. The van der Waals surface area contributed by atoms with E-state index in [1.807, 2.05) is 91.0 Å². The van der Waals surface area contributed by atoms with Gasteiger partial charge in [-0.1, -0.05) is 109 Å². The van der Waals surface area contributed by atoms with Gasteiger partial charge in [0.15, 0.2) is 9.84 Å². The Morgan fingerprint density at radius 3 is 1.54 bits per heavy atom. The predicted molar refractivity (Wildman–Crippen MR) is 151 cm³/mol. The van der Waals surface area contributed by atoms with E-state index in [1.54, 1.807) is 18.2 Å². The maximum absolute atomic E-state index is 13.7. The first-order chi connectivity index (χ1) is 18.9. The minimum absolute atomic E-state index is 0.00995. The number of esters is 1. The first-order valence-electron chi connectivity index (χ1n) is 12.7. The molecule has 0 saturated carbocycles. The zero-order valence-corrected chi connectivity index (χ0v) is 22.5. The smallest absolute Gasteiger partial charge is 0.328 e. The summed E-state index contributed by atoms with van der Waals surface area (Å²) in [4.78, 5) is 26.5. The molecule has 0 aliphatic heterocycles. The lowest BCUT2D eigenvalue weighted by Gasteiger charge is -2.36. The highest BCUT2D eigenvalue weighted by atomic mass is 32.2. The Hall–Kier alpha value is -4.23. The first-order valence-corrected chi connectivity index (χ1v) is 14.3. The molecular formula is C32H31NO5S. The van der Waals surface area contributed by atoms with Crippen LogP contribution in [0.25, 0.3) is 0 Å².